The molecule has 1 aliphatic heterocycles. The average Bonchev–Trinajstić information content (AvgIpc) is 3.68. The minimum atomic E-state index is -4.67. The number of halogens is 4. The van der Waals surface area contributed by atoms with Crippen LogP contribution in [-0.4, -0.2) is 66.0 Å². The van der Waals surface area contributed by atoms with Gasteiger partial charge in [-0.2, -0.15) is 13.2 Å². The molecule has 9 nitrogen and oxygen atoms in total. The van der Waals surface area contributed by atoms with Crippen LogP contribution < -0.4 is 20.9 Å². The third-order valence-electron chi connectivity index (χ3n) is 7.40. The number of carbonyl (C=O) groups is 2. The van der Waals surface area contributed by atoms with Gasteiger partial charge in [0.25, 0.3) is 11.8 Å². The van der Waals surface area contributed by atoms with E-state index in [0.717, 1.165) is 25.0 Å². The van der Waals surface area contributed by atoms with Gasteiger partial charge in [0.2, 0.25) is 0 Å². The lowest BCUT2D eigenvalue weighted by Gasteiger charge is -2.35. The summed E-state index contributed by atoms with van der Waals surface area (Å²) in [5.74, 6) is -1.54. The van der Waals surface area contributed by atoms with Gasteiger partial charge in [0, 0.05) is 54.5 Å². The second kappa shape index (κ2) is 11.4. The Kier molecular flexibility index (Phi) is 7.65. The van der Waals surface area contributed by atoms with Crippen LogP contribution in [0.15, 0.2) is 48.1 Å². The van der Waals surface area contributed by atoms with E-state index in [2.05, 4.69) is 25.9 Å². The standard InChI is InChI=1S/C29H27F4N7O2S/c1-39-8-10-40(11-9-39)23-7-2-16(12-20(23)29(31,32)33)27(41)37-18-5-6-21(30)22(13-18)38-28(42)19-14-43-25-24(19)34-15-35-26(25)36-17-3-4-17/h2,5-7,12-15,17H,3-4,8-11H2,1H3,(H,37,41)(H,38,42)(H,34,35,36). The van der Waals surface area contributed by atoms with Gasteiger partial charge in [0.15, 0.2) is 0 Å². The highest BCUT2D eigenvalue weighted by Crippen LogP contribution is 2.38. The smallest absolute Gasteiger partial charge is 0.368 e. The van der Waals surface area contributed by atoms with Crippen LogP contribution >= 0.6 is 11.3 Å². The van der Waals surface area contributed by atoms with Crippen LogP contribution in [0.1, 0.15) is 39.1 Å². The molecule has 1 saturated heterocycles. The second-order valence-electron chi connectivity index (χ2n) is 10.6. The fourth-order valence-corrected chi connectivity index (χ4v) is 5.81. The van der Waals surface area contributed by atoms with Crippen molar-refractivity contribution < 1.29 is 27.2 Å². The fraction of sp³-hybridized carbons (Fsp3) is 0.310. The van der Waals surface area contributed by atoms with Gasteiger partial charge in [-0.15, -0.1) is 11.3 Å². The minimum Gasteiger partial charge on any atom is -0.368 e. The van der Waals surface area contributed by atoms with Gasteiger partial charge in [0.05, 0.1) is 27.0 Å². The largest absolute Gasteiger partial charge is 0.418 e. The topological polar surface area (TPSA) is 102 Å². The molecule has 1 saturated carbocycles. The molecule has 43 heavy (non-hydrogen) atoms. The normalized spacial score (nSPS) is 15.9. The van der Waals surface area contributed by atoms with Crippen molar-refractivity contribution in [1.82, 2.24) is 14.9 Å². The molecule has 2 amide bonds. The Hall–Kier alpha value is -4.30. The van der Waals surface area contributed by atoms with Crippen molar-refractivity contribution in [3.05, 3.63) is 70.6 Å². The number of hydrogen-bond donors (Lipinski definition) is 3. The first-order valence-electron chi connectivity index (χ1n) is 13.6. The van der Waals surface area contributed by atoms with E-state index < -0.39 is 29.4 Å². The Morgan fingerprint density at radius 1 is 0.977 bits per heavy atom. The molecule has 0 spiro atoms. The number of piperazine rings is 1. The van der Waals surface area contributed by atoms with E-state index in [1.807, 2.05) is 11.9 Å². The Morgan fingerprint density at radius 2 is 1.74 bits per heavy atom. The van der Waals surface area contributed by atoms with Gasteiger partial charge in [0.1, 0.15) is 18.0 Å². The molecule has 3 heterocycles. The molecule has 2 aromatic heterocycles. The van der Waals surface area contributed by atoms with E-state index in [4.69, 9.17) is 0 Å². The van der Waals surface area contributed by atoms with Gasteiger partial charge in [-0.05, 0) is 56.3 Å². The predicted octanol–water partition coefficient (Wildman–Crippen LogP) is 5.68. The molecule has 0 bridgehead atoms. The molecule has 14 heteroatoms. The van der Waals surface area contributed by atoms with Crippen LogP contribution in [0.4, 0.5) is 40.4 Å². The summed E-state index contributed by atoms with van der Waals surface area (Å²) in [5.41, 5.74) is -0.563. The van der Waals surface area contributed by atoms with Gasteiger partial charge in [-0.3, -0.25) is 9.59 Å². The molecule has 2 fully saturated rings. The zero-order valence-electron chi connectivity index (χ0n) is 23.0. The third kappa shape index (κ3) is 6.25. The third-order valence-corrected chi connectivity index (χ3v) is 8.37. The molecule has 224 valence electrons. The maximum atomic E-state index is 14.7. The van der Waals surface area contributed by atoms with Crippen molar-refractivity contribution in [1.29, 1.82) is 0 Å². The summed E-state index contributed by atoms with van der Waals surface area (Å²) in [6, 6.07) is 7.33. The number of nitrogens with zero attached hydrogens (tertiary/aromatic N) is 4. The Labute approximate surface area is 247 Å². The number of rotatable bonds is 7. The summed E-state index contributed by atoms with van der Waals surface area (Å²) >= 11 is 1.29. The van der Waals surface area contributed by atoms with Gasteiger partial charge in [-0.1, -0.05) is 0 Å². The summed E-state index contributed by atoms with van der Waals surface area (Å²) in [6.07, 6.45) is -1.23. The van der Waals surface area contributed by atoms with Gasteiger partial charge in [-0.25, -0.2) is 14.4 Å². The van der Waals surface area contributed by atoms with E-state index in [1.54, 1.807) is 10.3 Å². The highest BCUT2D eigenvalue weighted by molar-refractivity contribution is 7.18. The molecular weight excluding hydrogens is 586 g/mol. The summed E-state index contributed by atoms with van der Waals surface area (Å²) in [6.45, 7) is 2.11. The van der Waals surface area contributed by atoms with Crippen LogP contribution in [-0.2, 0) is 6.18 Å². The molecule has 0 atom stereocenters. The lowest BCUT2D eigenvalue weighted by Crippen LogP contribution is -2.45. The zero-order valence-corrected chi connectivity index (χ0v) is 23.8. The molecule has 2 aliphatic rings. The number of nitrogens with one attached hydrogen (secondary N) is 3. The molecule has 1 aliphatic carbocycles. The number of alkyl halides is 3. The van der Waals surface area contributed by atoms with E-state index in [1.165, 1.54) is 41.9 Å². The van der Waals surface area contributed by atoms with Crippen LogP contribution in [0.2, 0.25) is 0 Å². The highest BCUT2D eigenvalue weighted by Gasteiger charge is 2.36. The van der Waals surface area contributed by atoms with E-state index in [-0.39, 0.29) is 28.2 Å². The van der Waals surface area contributed by atoms with E-state index >= 15 is 0 Å². The Bertz CT molecular complexity index is 1700. The number of aromatic nitrogens is 2. The maximum absolute atomic E-state index is 14.7. The lowest BCUT2D eigenvalue weighted by molar-refractivity contribution is -0.137. The quantitative estimate of drug-likeness (QED) is 0.231. The Balaban J connectivity index is 1.19. The summed E-state index contributed by atoms with van der Waals surface area (Å²) in [4.78, 5) is 38.3. The average molecular weight is 614 g/mol. The van der Waals surface area contributed by atoms with Gasteiger partial charge >= 0.3 is 6.18 Å². The summed E-state index contributed by atoms with van der Waals surface area (Å²) in [5, 5.41) is 9.93. The van der Waals surface area contributed by atoms with Crippen LogP contribution in [0.3, 0.4) is 0 Å². The SMILES string of the molecule is CN1CCN(c2ccc(C(=O)Nc3ccc(F)c(NC(=O)c4csc5c(NC6CC6)ncnc45)c3)cc2C(F)(F)F)CC1. The molecule has 2 aromatic carbocycles. The molecule has 3 N–H and O–H groups in total. The monoisotopic (exact) mass is 613 g/mol. The number of likely N-dealkylation sites (N-methyl/N-ethyl adjacent to an activating group) is 1. The zero-order chi connectivity index (χ0) is 30.3. The second-order valence-corrected chi connectivity index (χ2v) is 11.5. The number of hydrogen-bond acceptors (Lipinski definition) is 8. The minimum absolute atomic E-state index is 0.0191. The van der Waals surface area contributed by atoms with Crippen LogP contribution in [0.5, 0.6) is 0 Å². The number of carbonyl (C=O) groups excluding carboxylic acids is 2. The summed E-state index contributed by atoms with van der Waals surface area (Å²) in [7, 11) is 1.91. The van der Waals surface area contributed by atoms with Crippen molar-refractivity contribution in [3.63, 3.8) is 0 Å². The number of benzene rings is 2. The fourth-order valence-electron chi connectivity index (χ4n) is 4.85. The van der Waals surface area contributed by atoms with Crippen molar-refractivity contribution in [2.45, 2.75) is 25.1 Å². The maximum Gasteiger partial charge on any atom is 0.418 e. The number of amides is 2. The van der Waals surface area contributed by atoms with Crippen molar-refractivity contribution in [2.24, 2.45) is 0 Å². The predicted molar refractivity (Wildman–Crippen MR) is 158 cm³/mol. The van der Waals surface area contributed by atoms with Crippen LogP contribution in [0.25, 0.3) is 10.2 Å². The molecule has 0 radical (unpaired) electrons. The van der Waals surface area contributed by atoms with Crippen molar-refractivity contribution in [2.75, 3.05) is 54.1 Å². The number of fused-ring (bicyclic) bond motifs is 1. The lowest BCUT2D eigenvalue weighted by atomic mass is 10.1. The molecular formula is C29H27F4N7O2S. The molecule has 0 unspecified atom stereocenters. The first kappa shape index (κ1) is 28.8. The first-order valence-corrected chi connectivity index (χ1v) is 14.5. The highest BCUT2D eigenvalue weighted by atomic mass is 32.1. The van der Waals surface area contributed by atoms with Crippen LogP contribution in [0, 0.1) is 5.82 Å². The first-order chi connectivity index (χ1) is 20.6. The van der Waals surface area contributed by atoms with Crippen molar-refractivity contribution in [3.8, 4) is 0 Å². The van der Waals surface area contributed by atoms with E-state index in [0.29, 0.717) is 48.3 Å². The molecule has 6 rings (SSSR count). The number of thiophene rings is 1. The van der Waals surface area contributed by atoms with E-state index in [9.17, 15) is 27.2 Å². The Morgan fingerprint density at radius 3 is 2.47 bits per heavy atom. The van der Waals surface area contributed by atoms with Crippen molar-refractivity contribution >= 4 is 56.2 Å². The molecule has 4 aromatic rings. The number of anilines is 4. The van der Waals surface area contributed by atoms with Gasteiger partial charge < -0.3 is 25.8 Å². The summed E-state index contributed by atoms with van der Waals surface area (Å²) < 4.78 is 57.4.